The van der Waals surface area contributed by atoms with Crippen LogP contribution in [-0.2, 0) is 20.0 Å². The number of halogens is 2. The molecular weight excluding hydrogens is 292 g/mol. The van der Waals surface area contributed by atoms with Crippen LogP contribution in [-0.4, -0.2) is 26.8 Å². The van der Waals surface area contributed by atoms with Gasteiger partial charge in [-0.3, -0.25) is 4.68 Å². The Morgan fingerprint density at radius 1 is 1.36 bits per heavy atom. The number of carbonyl (C=O) groups excluding carboxylic acids is 1. The molecule has 1 atom stereocenters. The largest absolute Gasteiger partial charge is 0.335 e. The third-order valence-corrected chi connectivity index (χ3v) is 3.16. The van der Waals surface area contributed by atoms with Crippen LogP contribution in [0.2, 0.25) is 0 Å². The molecule has 0 spiro atoms. The van der Waals surface area contributed by atoms with E-state index in [4.69, 9.17) is 0 Å². The molecule has 118 valence electrons. The molecule has 1 aromatic heterocycles. The van der Waals surface area contributed by atoms with E-state index in [0.717, 1.165) is 0 Å². The third kappa shape index (κ3) is 4.00. The van der Waals surface area contributed by atoms with Crippen LogP contribution < -0.4 is 10.6 Å². The highest BCUT2D eigenvalue weighted by Crippen LogP contribution is 2.14. The Morgan fingerprint density at radius 3 is 2.64 bits per heavy atom. The van der Waals surface area contributed by atoms with Crippen LogP contribution in [0, 0.1) is 11.6 Å². The second kappa shape index (κ2) is 6.97. The summed E-state index contributed by atoms with van der Waals surface area (Å²) in [4.78, 5) is 15.7. The van der Waals surface area contributed by atoms with Gasteiger partial charge in [-0.2, -0.15) is 5.10 Å². The second-order valence-corrected chi connectivity index (χ2v) is 4.93. The summed E-state index contributed by atoms with van der Waals surface area (Å²) in [6, 6.07) is 2.83. The number of hydrogen-bond acceptors (Lipinski definition) is 3. The maximum Gasteiger partial charge on any atom is 0.315 e. The van der Waals surface area contributed by atoms with E-state index in [1.165, 1.54) is 24.5 Å². The summed E-state index contributed by atoms with van der Waals surface area (Å²) in [7, 11) is 1.71. The normalized spacial score (nSPS) is 12.0. The van der Waals surface area contributed by atoms with Gasteiger partial charge in [0, 0.05) is 18.7 Å². The Morgan fingerprint density at radius 2 is 2.05 bits per heavy atom. The van der Waals surface area contributed by atoms with Crippen LogP contribution in [0.25, 0.3) is 0 Å². The Bertz CT molecular complexity index is 638. The Balaban J connectivity index is 1.85. The van der Waals surface area contributed by atoms with Crippen molar-refractivity contribution < 1.29 is 13.6 Å². The summed E-state index contributed by atoms with van der Waals surface area (Å²) >= 11 is 0. The van der Waals surface area contributed by atoms with Gasteiger partial charge in [-0.15, -0.1) is 0 Å². The summed E-state index contributed by atoms with van der Waals surface area (Å²) in [5, 5.41) is 9.12. The molecule has 0 aliphatic heterocycles. The van der Waals surface area contributed by atoms with Gasteiger partial charge in [-0.25, -0.2) is 18.6 Å². The summed E-state index contributed by atoms with van der Waals surface area (Å²) in [6.07, 6.45) is 1.45. The fourth-order valence-corrected chi connectivity index (χ4v) is 2.00. The van der Waals surface area contributed by atoms with Crippen LogP contribution in [0.4, 0.5) is 13.6 Å². The zero-order chi connectivity index (χ0) is 16.1. The number of carbonyl (C=O) groups is 1. The average Bonchev–Trinajstić information content (AvgIpc) is 2.86. The SMILES string of the molecule is CC(Cc1c(F)cccc1F)NC(=O)NCc1ncnn1C. The Hall–Kier alpha value is -2.51. The maximum atomic E-state index is 13.5. The molecule has 8 heteroatoms. The molecule has 0 aliphatic carbocycles. The van der Waals surface area contributed by atoms with Crippen molar-refractivity contribution in [3.05, 3.63) is 47.5 Å². The number of rotatable bonds is 5. The van der Waals surface area contributed by atoms with E-state index >= 15 is 0 Å². The number of amides is 2. The number of nitrogens with zero attached hydrogens (tertiary/aromatic N) is 3. The fraction of sp³-hybridized carbons (Fsp3) is 0.357. The van der Waals surface area contributed by atoms with E-state index in [1.54, 1.807) is 18.7 Å². The quantitative estimate of drug-likeness (QED) is 0.880. The van der Waals surface area contributed by atoms with Gasteiger partial charge in [0.1, 0.15) is 23.8 Å². The van der Waals surface area contributed by atoms with Crippen LogP contribution in [0.5, 0.6) is 0 Å². The molecule has 6 nitrogen and oxygen atoms in total. The Kier molecular flexibility index (Phi) is 5.03. The lowest BCUT2D eigenvalue weighted by atomic mass is 10.1. The number of hydrogen-bond donors (Lipinski definition) is 2. The monoisotopic (exact) mass is 309 g/mol. The molecule has 0 aliphatic rings. The topological polar surface area (TPSA) is 71.8 Å². The molecule has 1 aromatic carbocycles. The average molecular weight is 309 g/mol. The number of aromatic nitrogens is 3. The molecule has 0 bridgehead atoms. The second-order valence-electron chi connectivity index (χ2n) is 4.93. The first-order valence-corrected chi connectivity index (χ1v) is 6.77. The van der Waals surface area contributed by atoms with Crippen molar-refractivity contribution in [3.8, 4) is 0 Å². The van der Waals surface area contributed by atoms with Gasteiger partial charge in [0.25, 0.3) is 0 Å². The minimum atomic E-state index is -0.617. The first kappa shape index (κ1) is 15.9. The molecule has 1 unspecified atom stereocenters. The molecule has 22 heavy (non-hydrogen) atoms. The molecule has 2 rings (SSSR count). The van der Waals surface area contributed by atoms with Crippen LogP contribution in [0.15, 0.2) is 24.5 Å². The van der Waals surface area contributed by atoms with Gasteiger partial charge in [-0.1, -0.05) is 6.07 Å². The first-order chi connectivity index (χ1) is 10.5. The fourth-order valence-electron chi connectivity index (χ4n) is 2.00. The van der Waals surface area contributed by atoms with Crippen molar-refractivity contribution in [1.29, 1.82) is 0 Å². The van der Waals surface area contributed by atoms with Gasteiger partial charge in [0.15, 0.2) is 0 Å². The highest BCUT2D eigenvalue weighted by Gasteiger charge is 2.14. The van der Waals surface area contributed by atoms with Gasteiger partial charge in [0.2, 0.25) is 0 Å². The van der Waals surface area contributed by atoms with E-state index in [1.807, 2.05) is 0 Å². The molecule has 2 N–H and O–H groups in total. The lowest BCUT2D eigenvalue weighted by Gasteiger charge is -2.15. The predicted octanol–water partition coefficient (Wildman–Crippen LogP) is 1.52. The van der Waals surface area contributed by atoms with E-state index in [-0.39, 0.29) is 18.5 Å². The number of benzene rings is 1. The van der Waals surface area contributed by atoms with Gasteiger partial charge < -0.3 is 10.6 Å². The van der Waals surface area contributed by atoms with Crippen molar-refractivity contribution in [2.45, 2.75) is 25.9 Å². The molecule has 2 aromatic rings. The standard InChI is InChI=1S/C14H17F2N5O/c1-9(6-10-11(15)4-3-5-12(10)16)20-14(22)17-7-13-18-8-19-21(13)2/h3-5,8-9H,6-7H2,1-2H3,(H2,17,20,22). The number of nitrogens with one attached hydrogen (secondary N) is 2. The van der Waals surface area contributed by atoms with Gasteiger partial charge >= 0.3 is 6.03 Å². The summed E-state index contributed by atoms with van der Waals surface area (Å²) < 4.78 is 28.6. The molecule has 2 amide bonds. The van der Waals surface area contributed by atoms with Crippen molar-refractivity contribution in [3.63, 3.8) is 0 Å². The van der Waals surface area contributed by atoms with Crippen LogP contribution in [0.1, 0.15) is 18.3 Å². The molecular formula is C14H17F2N5O. The zero-order valence-corrected chi connectivity index (χ0v) is 12.3. The van der Waals surface area contributed by atoms with E-state index in [2.05, 4.69) is 20.7 Å². The smallest absolute Gasteiger partial charge is 0.315 e. The highest BCUT2D eigenvalue weighted by molar-refractivity contribution is 5.74. The van der Waals surface area contributed by atoms with Crippen molar-refractivity contribution in [1.82, 2.24) is 25.4 Å². The lowest BCUT2D eigenvalue weighted by molar-refractivity contribution is 0.236. The summed E-state index contributed by atoms with van der Waals surface area (Å²) in [6.45, 7) is 1.89. The summed E-state index contributed by atoms with van der Waals surface area (Å²) in [5.41, 5.74) is -0.0383. The molecule has 1 heterocycles. The van der Waals surface area contributed by atoms with Crippen LogP contribution in [0.3, 0.4) is 0 Å². The minimum Gasteiger partial charge on any atom is -0.335 e. The third-order valence-electron chi connectivity index (χ3n) is 3.16. The maximum absolute atomic E-state index is 13.5. The van der Waals surface area contributed by atoms with Gasteiger partial charge in [-0.05, 0) is 25.5 Å². The van der Waals surface area contributed by atoms with Crippen LogP contribution >= 0.6 is 0 Å². The molecule has 0 radical (unpaired) electrons. The predicted molar refractivity (Wildman–Crippen MR) is 75.9 cm³/mol. The van der Waals surface area contributed by atoms with Gasteiger partial charge in [0.05, 0.1) is 6.54 Å². The van der Waals surface area contributed by atoms with E-state index in [9.17, 15) is 13.6 Å². The first-order valence-electron chi connectivity index (χ1n) is 6.77. The molecule has 0 saturated carbocycles. The summed E-state index contributed by atoms with van der Waals surface area (Å²) in [5.74, 6) is -0.635. The number of urea groups is 1. The minimum absolute atomic E-state index is 0.0383. The molecule has 0 saturated heterocycles. The van der Waals surface area contributed by atoms with E-state index < -0.39 is 23.7 Å². The number of aryl methyl sites for hydroxylation is 1. The highest BCUT2D eigenvalue weighted by atomic mass is 19.1. The zero-order valence-electron chi connectivity index (χ0n) is 12.3. The van der Waals surface area contributed by atoms with Crippen molar-refractivity contribution >= 4 is 6.03 Å². The lowest BCUT2D eigenvalue weighted by Crippen LogP contribution is -2.41. The van der Waals surface area contributed by atoms with Crippen molar-refractivity contribution in [2.75, 3.05) is 0 Å². The van der Waals surface area contributed by atoms with E-state index in [0.29, 0.717) is 5.82 Å². The van der Waals surface area contributed by atoms with Crippen molar-refractivity contribution in [2.24, 2.45) is 7.05 Å². The molecule has 0 fully saturated rings. The Labute approximate surface area is 126 Å².